The molecule has 1 aromatic carbocycles. The zero-order valence-electron chi connectivity index (χ0n) is 16.0. The number of anilines is 1. The molecular formula is C20H22BrClN6O. The van der Waals surface area contributed by atoms with Gasteiger partial charge in [-0.2, -0.15) is 10.2 Å². The van der Waals surface area contributed by atoms with E-state index >= 15 is 0 Å². The molecule has 0 aliphatic carbocycles. The van der Waals surface area contributed by atoms with Gasteiger partial charge in [0.1, 0.15) is 5.65 Å². The Bertz CT molecular complexity index is 1150. The predicted octanol–water partition coefficient (Wildman–Crippen LogP) is 2.77. The summed E-state index contributed by atoms with van der Waals surface area (Å²) in [5.74, 6) is 0.606. The Hall–Kier alpha value is -2.34. The number of aromatic nitrogens is 3. The van der Waals surface area contributed by atoms with Crippen molar-refractivity contribution in [2.24, 2.45) is 12.8 Å². The van der Waals surface area contributed by atoms with Gasteiger partial charge in [-0.3, -0.25) is 9.36 Å². The highest BCUT2D eigenvalue weighted by Crippen LogP contribution is 2.25. The molecule has 29 heavy (non-hydrogen) atoms. The normalized spacial score (nSPS) is 16.5. The first-order valence-corrected chi connectivity index (χ1v) is 10.0. The van der Waals surface area contributed by atoms with Gasteiger partial charge >= 0.3 is 0 Å². The van der Waals surface area contributed by atoms with Crippen molar-refractivity contribution in [3.8, 4) is 6.07 Å². The van der Waals surface area contributed by atoms with Crippen LogP contribution in [0.25, 0.3) is 11.0 Å². The number of nitrogens with two attached hydrogens (primary N) is 1. The first kappa shape index (κ1) is 21.4. The molecule has 0 saturated carbocycles. The molecule has 1 saturated heterocycles. The van der Waals surface area contributed by atoms with Gasteiger partial charge in [-0.1, -0.05) is 18.2 Å². The second-order valence-corrected chi connectivity index (χ2v) is 8.06. The zero-order valence-corrected chi connectivity index (χ0v) is 18.4. The molecule has 0 spiro atoms. The Kier molecular flexibility index (Phi) is 6.32. The second-order valence-electron chi connectivity index (χ2n) is 7.21. The molecule has 7 nitrogen and oxygen atoms in total. The number of hydrogen-bond acceptors (Lipinski definition) is 5. The summed E-state index contributed by atoms with van der Waals surface area (Å²) in [7, 11) is 1.88. The Labute approximate surface area is 183 Å². The van der Waals surface area contributed by atoms with Crippen molar-refractivity contribution >= 4 is 45.3 Å². The van der Waals surface area contributed by atoms with E-state index in [0.29, 0.717) is 33.6 Å². The van der Waals surface area contributed by atoms with E-state index in [1.807, 2.05) is 36.0 Å². The van der Waals surface area contributed by atoms with Crippen LogP contribution in [0.3, 0.4) is 0 Å². The highest BCUT2D eigenvalue weighted by atomic mass is 79.9. The summed E-state index contributed by atoms with van der Waals surface area (Å²) in [5, 5.41) is 9.99. The van der Waals surface area contributed by atoms with Crippen LogP contribution in [0.15, 0.2) is 39.7 Å². The van der Waals surface area contributed by atoms with Crippen LogP contribution in [0.4, 0.5) is 5.95 Å². The Balaban J connectivity index is 0.00000240. The molecule has 3 heterocycles. The summed E-state index contributed by atoms with van der Waals surface area (Å²) in [4.78, 5) is 20.4. The highest BCUT2D eigenvalue weighted by molar-refractivity contribution is 9.10. The van der Waals surface area contributed by atoms with Gasteiger partial charge in [-0.05, 0) is 40.4 Å². The third-order valence-corrected chi connectivity index (χ3v) is 5.82. The first-order chi connectivity index (χ1) is 13.5. The highest BCUT2D eigenvalue weighted by Gasteiger charge is 2.24. The molecule has 1 atom stereocenters. The minimum absolute atomic E-state index is 0. The molecule has 4 rings (SSSR count). The van der Waals surface area contributed by atoms with Crippen molar-refractivity contribution in [1.82, 2.24) is 14.1 Å². The van der Waals surface area contributed by atoms with E-state index in [0.717, 1.165) is 24.9 Å². The maximum absolute atomic E-state index is 13.5. The lowest BCUT2D eigenvalue weighted by Gasteiger charge is -2.33. The van der Waals surface area contributed by atoms with Crippen LogP contribution in [-0.2, 0) is 13.6 Å². The fourth-order valence-electron chi connectivity index (χ4n) is 3.81. The number of fused-ring (bicyclic) bond motifs is 1. The van der Waals surface area contributed by atoms with Crippen LogP contribution < -0.4 is 16.2 Å². The van der Waals surface area contributed by atoms with Crippen molar-refractivity contribution in [3.05, 3.63) is 56.4 Å². The fraction of sp³-hybridized carbons (Fsp3) is 0.350. The number of benzene rings is 1. The van der Waals surface area contributed by atoms with Crippen LogP contribution in [-0.4, -0.2) is 33.2 Å². The number of aryl methyl sites for hydroxylation is 1. The van der Waals surface area contributed by atoms with E-state index in [4.69, 9.17) is 10.7 Å². The van der Waals surface area contributed by atoms with Crippen LogP contribution in [0, 0.1) is 11.3 Å². The van der Waals surface area contributed by atoms with Crippen LogP contribution in [0.2, 0.25) is 0 Å². The van der Waals surface area contributed by atoms with Gasteiger partial charge in [0.05, 0.1) is 28.0 Å². The van der Waals surface area contributed by atoms with Gasteiger partial charge in [-0.15, -0.1) is 12.4 Å². The molecule has 0 radical (unpaired) electrons. The maximum Gasteiger partial charge on any atom is 0.265 e. The maximum atomic E-state index is 13.5. The Morgan fingerprint density at radius 1 is 1.38 bits per heavy atom. The van der Waals surface area contributed by atoms with Crippen molar-refractivity contribution < 1.29 is 0 Å². The van der Waals surface area contributed by atoms with Gasteiger partial charge in [0.2, 0.25) is 5.95 Å². The number of hydrogen-bond donors (Lipinski definition) is 1. The first-order valence-electron chi connectivity index (χ1n) is 9.23. The molecule has 1 aliphatic heterocycles. The van der Waals surface area contributed by atoms with Gasteiger partial charge in [-0.25, -0.2) is 0 Å². The Morgan fingerprint density at radius 2 is 2.14 bits per heavy atom. The molecular weight excluding hydrogens is 456 g/mol. The van der Waals surface area contributed by atoms with E-state index in [1.54, 1.807) is 10.6 Å². The molecule has 9 heteroatoms. The van der Waals surface area contributed by atoms with Gasteiger partial charge in [0.15, 0.2) is 0 Å². The van der Waals surface area contributed by atoms with Gasteiger partial charge in [0.25, 0.3) is 5.56 Å². The number of rotatable bonds is 3. The summed E-state index contributed by atoms with van der Waals surface area (Å²) >= 11 is 3.49. The molecule has 2 aromatic heterocycles. The summed E-state index contributed by atoms with van der Waals surface area (Å²) < 4.78 is 4.23. The minimum atomic E-state index is -0.126. The van der Waals surface area contributed by atoms with Crippen LogP contribution >= 0.6 is 28.3 Å². The second kappa shape index (κ2) is 8.57. The molecule has 0 unspecified atom stereocenters. The molecule has 3 aromatic rings. The van der Waals surface area contributed by atoms with Crippen LogP contribution in [0.5, 0.6) is 0 Å². The number of nitrogens with zero attached hydrogens (tertiary/aromatic N) is 5. The third kappa shape index (κ3) is 3.90. The van der Waals surface area contributed by atoms with E-state index in [1.165, 1.54) is 0 Å². The SMILES string of the molecule is Cl.Cn1cc(Br)c2c(=O)n(Cc3ccccc3C#N)c(N3CCC[C@@H](N)C3)nc21. The minimum Gasteiger partial charge on any atom is -0.341 e. The number of halogens is 2. The summed E-state index contributed by atoms with van der Waals surface area (Å²) in [6.07, 6.45) is 3.77. The van der Waals surface area contributed by atoms with Crippen molar-refractivity contribution in [2.45, 2.75) is 25.4 Å². The molecule has 1 aliphatic rings. The largest absolute Gasteiger partial charge is 0.341 e. The average molecular weight is 478 g/mol. The van der Waals surface area contributed by atoms with Gasteiger partial charge < -0.3 is 15.2 Å². The van der Waals surface area contributed by atoms with Crippen molar-refractivity contribution in [2.75, 3.05) is 18.0 Å². The lowest BCUT2D eigenvalue weighted by atomic mass is 10.1. The van der Waals surface area contributed by atoms with Crippen molar-refractivity contribution in [1.29, 1.82) is 5.26 Å². The summed E-state index contributed by atoms with van der Waals surface area (Å²) in [6.45, 7) is 1.74. The van der Waals surface area contributed by atoms with E-state index < -0.39 is 0 Å². The lowest BCUT2D eigenvalue weighted by molar-refractivity contribution is 0.491. The standard InChI is InChI=1S/C20H21BrN6O.ClH/c1-25-12-16(21)17-18(25)24-20(26-8-4-7-15(23)11-26)27(19(17)28)10-14-6-3-2-5-13(14)9-22;/h2-3,5-6,12,15H,4,7-8,10-11,23H2,1H3;1H/t15-;/m1./s1. The average Bonchev–Trinajstić information content (AvgIpc) is 2.97. The molecule has 152 valence electrons. The van der Waals surface area contributed by atoms with E-state index in [9.17, 15) is 10.1 Å². The molecule has 0 bridgehead atoms. The molecule has 0 amide bonds. The monoisotopic (exact) mass is 476 g/mol. The van der Waals surface area contributed by atoms with Crippen molar-refractivity contribution in [3.63, 3.8) is 0 Å². The fourth-order valence-corrected chi connectivity index (χ4v) is 4.46. The molecule has 2 N–H and O–H groups in total. The van der Waals surface area contributed by atoms with Gasteiger partial charge in [0, 0.05) is 32.4 Å². The summed E-state index contributed by atoms with van der Waals surface area (Å²) in [6, 6.07) is 9.61. The predicted molar refractivity (Wildman–Crippen MR) is 120 cm³/mol. The van der Waals surface area contributed by atoms with E-state index in [-0.39, 0.29) is 30.6 Å². The Morgan fingerprint density at radius 3 is 2.86 bits per heavy atom. The topological polar surface area (TPSA) is 92.9 Å². The molecule has 1 fully saturated rings. The quantitative estimate of drug-likeness (QED) is 0.626. The van der Waals surface area contributed by atoms with Crippen LogP contribution in [0.1, 0.15) is 24.0 Å². The number of piperidine rings is 1. The smallest absolute Gasteiger partial charge is 0.265 e. The number of nitriles is 1. The zero-order chi connectivity index (χ0) is 19.8. The van der Waals surface area contributed by atoms with E-state index in [2.05, 4.69) is 26.9 Å². The lowest BCUT2D eigenvalue weighted by Crippen LogP contribution is -2.45. The summed E-state index contributed by atoms with van der Waals surface area (Å²) in [5.41, 5.74) is 8.04. The third-order valence-electron chi connectivity index (χ3n) is 5.22.